The third-order valence-electron chi connectivity index (χ3n) is 3.92. The van der Waals surface area contributed by atoms with Crippen molar-refractivity contribution >= 4 is 46.0 Å². The maximum atomic E-state index is 12.7. The third-order valence-corrected chi connectivity index (χ3v) is 5.22. The lowest BCUT2D eigenvalue weighted by atomic mass is 10.1. The number of rotatable bonds is 2. The van der Waals surface area contributed by atoms with E-state index in [0.717, 1.165) is 16.8 Å². The van der Waals surface area contributed by atoms with Crippen molar-refractivity contribution in [3.05, 3.63) is 69.6 Å². The standard InChI is InChI=1S/C19H17NOS2/c1-12-4-7-15(8-5-12)11-17-18(21)20(19(22)23-17)16-9-6-13(2)14(3)10-16/h4-11H,1-3H3/b17-11-. The van der Waals surface area contributed by atoms with Crippen LogP contribution < -0.4 is 4.90 Å². The van der Waals surface area contributed by atoms with Crippen LogP contribution in [-0.2, 0) is 4.79 Å². The van der Waals surface area contributed by atoms with Gasteiger partial charge in [-0.25, -0.2) is 0 Å². The molecule has 1 fully saturated rings. The lowest BCUT2D eigenvalue weighted by Gasteiger charge is -2.15. The van der Waals surface area contributed by atoms with Crippen LogP contribution in [0.2, 0.25) is 0 Å². The average Bonchev–Trinajstić information content (AvgIpc) is 2.79. The average molecular weight is 339 g/mol. The summed E-state index contributed by atoms with van der Waals surface area (Å²) in [5, 5.41) is 0. The van der Waals surface area contributed by atoms with Gasteiger partial charge in [-0.15, -0.1) is 0 Å². The molecular formula is C19H17NOS2. The van der Waals surface area contributed by atoms with Crippen molar-refractivity contribution in [2.75, 3.05) is 4.90 Å². The van der Waals surface area contributed by atoms with E-state index in [2.05, 4.69) is 6.92 Å². The summed E-state index contributed by atoms with van der Waals surface area (Å²) in [5.74, 6) is -0.0520. The summed E-state index contributed by atoms with van der Waals surface area (Å²) in [6.07, 6.45) is 1.90. The van der Waals surface area contributed by atoms with Gasteiger partial charge in [0.1, 0.15) is 0 Å². The Morgan fingerprint density at radius 2 is 1.70 bits per heavy atom. The molecule has 0 spiro atoms. The molecule has 116 valence electrons. The molecule has 2 aromatic rings. The van der Waals surface area contributed by atoms with Crippen LogP contribution in [0.4, 0.5) is 5.69 Å². The fourth-order valence-electron chi connectivity index (χ4n) is 2.37. The lowest BCUT2D eigenvalue weighted by molar-refractivity contribution is -0.113. The second kappa shape index (κ2) is 6.30. The van der Waals surface area contributed by atoms with E-state index in [1.807, 2.05) is 62.4 Å². The normalized spacial score (nSPS) is 16.5. The van der Waals surface area contributed by atoms with E-state index in [9.17, 15) is 4.79 Å². The molecule has 0 N–H and O–H groups in total. The maximum absolute atomic E-state index is 12.7. The molecule has 0 saturated carbocycles. The Morgan fingerprint density at radius 3 is 2.35 bits per heavy atom. The summed E-state index contributed by atoms with van der Waals surface area (Å²) in [4.78, 5) is 15.0. The van der Waals surface area contributed by atoms with Crippen LogP contribution >= 0.6 is 24.0 Å². The van der Waals surface area contributed by atoms with Gasteiger partial charge in [-0.1, -0.05) is 59.9 Å². The highest BCUT2D eigenvalue weighted by Gasteiger charge is 2.33. The molecule has 2 aromatic carbocycles. The van der Waals surface area contributed by atoms with Crippen LogP contribution in [0.3, 0.4) is 0 Å². The monoisotopic (exact) mass is 339 g/mol. The number of hydrogen-bond donors (Lipinski definition) is 0. The van der Waals surface area contributed by atoms with E-state index in [-0.39, 0.29) is 5.91 Å². The zero-order chi connectivity index (χ0) is 16.6. The van der Waals surface area contributed by atoms with Gasteiger partial charge in [0.15, 0.2) is 4.32 Å². The highest BCUT2D eigenvalue weighted by atomic mass is 32.2. The molecule has 1 aliphatic heterocycles. The summed E-state index contributed by atoms with van der Waals surface area (Å²) in [6, 6.07) is 14.1. The first-order valence-corrected chi connectivity index (χ1v) is 8.60. The molecule has 0 atom stereocenters. The number of carbonyl (C=O) groups is 1. The molecule has 0 bridgehead atoms. The number of hydrogen-bond acceptors (Lipinski definition) is 3. The van der Waals surface area contributed by atoms with Crippen molar-refractivity contribution < 1.29 is 4.79 Å². The molecule has 0 unspecified atom stereocenters. The second-order valence-corrected chi connectivity index (χ2v) is 7.37. The Kier molecular flexibility index (Phi) is 4.37. The van der Waals surface area contributed by atoms with Crippen molar-refractivity contribution in [1.29, 1.82) is 0 Å². The van der Waals surface area contributed by atoms with Crippen LogP contribution in [0.5, 0.6) is 0 Å². The van der Waals surface area contributed by atoms with Gasteiger partial charge in [-0.05, 0) is 55.7 Å². The van der Waals surface area contributed by atoms with Gasteiger partial charge in [-0.2, -0.15) is 0 Å². The molecule has 3 rings (SSSR count). The Bertz CT molecular complexity index is 822. The molecule has 0 radical (unpaired) electrons. The molecular weight excluding hydrogens is 322 g/mol. The minimum Gasteiger partial charge on any atom is -0.268 e. The number of thiocarbonyl (C=S) groups is 1. The first-order chi connectivity index (χ1) is 11.0. The Balaban J connectivity index is 1.93. The Labute approximate surface area is 146 Å². The van der Waals surface area contributed by atoms with Crippen LogP contribution in [0, 0.1) is 20.8 Å². The van der Waals surface area contributed by atoms with Gasteiger partial charge in [0.05, 0.1) is 10.6 Å². The number of nitrogens with zero attached hydrogens (tertiary/aromatic N) is 1. The zero-order valence-corrected chi connectivity index (χ0v) is 14.9. The molecule has 1 aliphatic rings. The molecule has 1 saturated heterocycles. The molecule has 1 amide bonds. The minimum absolute atomic E-state index is 0.0520. The largest absolute Gasteiger partial charge is 0.270 e. The maximum Gasteiger partial charge on any atom is 0.270 e. The third kappa shape index (κ3) is 3.23. The summed E-state index contributed by atoms with van der Waals surface area (Å²) >= 11 is 6.77. The second-order valence-electron chi connectivity index (χ2n) is 5.70. The van der Waals surface area contributed by atoms with E-state index in [1.54, 1.807) is 4.90 Å². The molecule has 1 heterocycles. The summed E-state index contributed by atoms with van der Waals surface area (Å²) in [6.45, 7) is 6.14. The first kappa shape index (κ1) is 16.0. The van der Waals surface area contributed by atoms with Gasteiger partial charge in [0.25, 0.3) is 5.91 Å². The molecule has 0 aliphatic carbocycles. The number of benzene rings is 2. The van der Waals surface area contributed by atoms with Crippen molar-refractivity contribution in [2.24, 2.45) is 0 Å². The van der Waals surface area contributed by atoms with Gasteiger partial charge in [0.2, 0.25) is 0 Å². The van der Waals surface area contributed by atoms with E-state index >= 15 is 0 Å². The quantitative estimate of drug-likeness (QED) is 0.566. The van der Waals surface area contributed by atoms with Crippen molar-refractivity contribution in [3.63, 3.8) is 0 Å². The highest BCUT2D eigenvalue weighted by molar-refractivity contribution is 8.27. The van der Waals surface area contributed by atoms with Crippen molar-refractivity contribution in [1.82, 2.24) is 0 Å². The van der Waals surface area contributed by atoms with E-state index in [1.165, 1.54) is 22.9 Å². The molecule has 2 nitrogen and oxygen atoms in total. The van der Waals surface area contributed by atoms with Crippen LogP contribution in [0.15, 0.2) is 47.4 Å². The predicted molar refractivity (Wildman–Crippen MR) is 103 cm³/mol. The van der Waals surface area contributed by atoms with Crippen molar-refractivity contribution in [3.8, 4) is 0 Å². The smallest absolute Gasteiger partial charge is 0.268 e. The van der Waals surface area contributed by atoms with E-state index < -0.39 is 0 Å². The first-order valence-electron chi connectivity index (χ1n) is 7.37. The highest BCUT2D eigenvalue weighted by Crippen LogP contribution is 2.36. The molecule has 0 aromatic heterocycles. The predicted octanol–water partition coefficient (Wildman–Crippen LogP) is 5.02. The summed E-state index contributed by atoms with van der Waals surface area (Å²) in [7, 11) is 0. The number of thioether (sulfide) groups is 1. The van der Waals surface area contributed by atoms with Crippen LogP contribution in [0.25, 0.3) is 6.08 Å². The summed E-state index contributed by atoms with van der Waals surface area (Å²) < 4.78 is 0.580. The van der Waals surface area contributed by atoms with Crippen molar-refractivity contribution in [2.45, 2.75) is 20.8 Å². The van der Waals surface area contributed by atoms with Gasteiger partial charge >= 0.3 is 0 Å². The number of aryl methyl sites for hydroxylation is 3. The topological polar surface area (TPSA) is 20.3 Å². The van der Waals surface area contributed by atoms with E-state index in [4.69, 9.17) is 12.2 Å². The minimum atomic E-state index is -0.0520. The molecule has 4 heteroatoms. The van der Waals surface area contributed by atoms with Gasteiger partial charge in [0, 0.05) is 0 Å². The van der Waals surface area contributed by atoms with Gasteiger partial charge < -0.3 is 0 Å². The number of carbonyl (C=O) groups excluding carboxylic acids is 1. The summed E-state index contributed by atoms with van der Waals surface area (Å²) in [5.41, 5.74) is 5.40. The van der Waals surface area contributed by atoms with Crippen LogP contribution in [0.1, 0.15) is 22.3 Å². The number of amides is 1. The Morgan fingerprint density at radius 1 is 1.00 bits per heavy atom. The van der Waals surface area contributed by atoms with E-state index in [0.29, 0.717) is 9.23 Å². The number of anilines is 1. The Hall–Kier alpha value is -1.91. The molecule has 23 heavy (non-hydrogen) atoms. The SMILES string of the molecule is Cc1ccc(/C=C2\SC(=S)N(c3ccc(C)c(C)c3)C2=O)cc1. The van der Waals surface area contributed by atoms with Crippen LogP contribution in [-0.4, -0.2) is 10.2 Å². The fourth-order valence-corrected chi connectivity index (χ4v) is 3.67. The fraction of sp³-hybridized carbons (Fsp3) is 0.158. The lowest BCUT2D eigenvalue weighted by Crippen LogP contribution is -2.27. The zero-order valence-electron chi connectivity index (χ0n) is 13.3. The van der Waals surface area contributed by atoms with Gasteiger partial charge in [-0.3, -0.25) is 9.69 Å².